The number of carbonyl (C=O) groups is 1. The van der Waals surface area contributed by atoms with E-state index in [0.29, 0.717) is 16.5 Å². The minimum Gasteiger partial charge on any atom is -0.478 e. The van der Waals surface area contributed by atoms with Gasteiger partial charge in [0.2, 0.25) is 0 Å². The predicted octanol–water partition coefficient (Wildman–Crippen LogP) is 6.56. The van der Waals surface area contributed by atoms with Crippen LogP contribution in [0.15, 0.2) is 79.0 Å². The van der Waals surface area contributed by atoms with Crippen molar-refractivity contribution in [3.8, 4) is 0 Å². The van der Waals surface area contributed by atoms with Gasteiger partial charge in [0.15, 0.2) is 0 Å². The Balaban J connectivity index is 1.96. The Kier molecular flexibility index (Phi) is 6.26. The van der Waals surface area contributed by atoms with E-state index in [1.165, 1.54) is 12.3 Å². The van der Waals surface area contributed by atoms with Crippen molar-refractivity contribution in [1.29, 1.82) is 0 Å². The number of aromatic amines is 1. The molecular weight excluding hydrogens is 403 g/mol. The quantitative estimate of drug-likeness (QED) is 0.260. The summed E-state index contributed by atoms with van der Waals surface area (Å²) in [7, 11) is 0. The van der Waals surface area contributed by atoms with Crippen molar-refractivity contribution in [1.82, 2.24) is 10.2 Å². The zero-order valence-corrected chi connectivity index (χ0v) is 17.7. The molecule has 0 aliphatic heterocycles. The Morgan fingerprint density at radius 3 is 2.47 bits per heavy atom. The smallest absolute Gasteiger partial charge is 0.328 e. The van der Waals surface area contributed by atoms with E-state index in [9.17, 15) is 4.79 Å². The van der Waals surface area contributed by atoms with Crippen LogP contribution in [0.5, 0.6) is 0 Å². The molecule has 0 aliphatic carbocycles. The lowest BCUT2D eigenvalue weighted by molar-refractivity contribution is -0.131. The second kappa shape index (κ2) is 9.43. The molecule has 4 aromatic rings. The van der Waals surface area contributed by atoms with Crippen LogP contribution in [-0.2, 0) is 4.79 Å². The summed E-state index contributed by atoms with van der Waals surface area (Å²) < 4.78 is 15.7. The number of halogens is 1. The molecule has 32 heavy (non-hydrogen) atoms. The number of H-pyrrole nitrogens is 1. The summed E-state index contributed by atoms with van der Waals surface area (Å²) in [5, 5.41) is 16.1. The number of allylic oxidation sites excluding steroid dienone is 1. The largest absolute Gasteiger partial charge is 0.478 e. The van der Waals surface area contributed by atoms with Crippen molar-refractivity contribution in [3.05, 3.63) is 107 Å². The number of hydrogen-bond acceptors (Lipinski definition) is 2. The fourth-order valence-electron chi connectivity index (χ4n) is 3.90. The van der Waals surface area contributed by atoms with Gasteiger partial charge in [-0.2, -0.15) is 5.10 Å². The number of benzene rings is 3. The van der Waals surface area contributed by atoms with Crippen molar-refractivity contribution in [2.24, 2.45) is 0 Å². The van der Waals surface area contributed by atoms with Gasteiger partial charge in [-0.25, -0.2) is 9.18 Å². The molecule has 0 fully saturated rings. The predicted molar refractivity (Wildman–Crippen MR) is 126 cm³/mol. The summed E-state index contributed by atoms with van der Waals surface area (Å²) in [5.74, 6) is -1.31. The van der Waals surface area contributed by atoms with Crippen LogP contribution in [0.3, 0.4) is 0 Å². The molecule has 1 aromatic heterocycles. The van der Waals surface area contributed by atoms with Crippen LogP contribution in [0.4, 0.5) is 4.39 Å². The maximum absolute atomic E-state index is 15.7. The fraction of sp³-hybridized carbons (Fsp3) is 0.111. The number of carboxylic acids is 1. The van der Waals surface area contributed by atoms with E-state index in [-0.39, 0.29) is 5.82 Å². The van der Waals surface area contributed by atoms with E-state index in [0.717, 1.165) is 46.8 Å². The number of rotatable bonds is 7. The van der Waals surface area contributed by atoms with Crippen molar-refractivity contribution in [2.45, 2.75) is 19.8 Å². The van der Waals surface area contributed by atoms with E-state index in [1.807, 2.05) is 60.7 Å². The maximum Gasteiger partial charge on any atom is 0.328 e. The minimum absolute atomic E-state index is 0.314. The number of carboxylic acid groups (broad SMARTS) is 1. The Labute approximate surface area is 185 Å². The number of aromatic nitrogens is 2. The lowest BCUT2D eigenvalue weighted by Gasteiger charge is -2.18. The van der Waals surface area contributed by atoms with Gasteiger partial charge in [0.25, 0.3) is 0 Å². The summed E-state index contributed by atoms with van der Waals surface area (Å²) in [4.78, 5) is 10.8. The number of nitrogens with one attached hydrogen (secondary N) is 1. The molecule has 4 nitrogen and oxygen atoms in total. The number of nitrogens with zero attached hydrogens (tertiary/aromatic N) is 1. The van der Waals surface area contributed by atoms with Crippen LogP contribution in [-0.4, -0.2) is 21.3 Å². The highest BCUT2D eigenvalue weighted by atomic mass is 19.1. The summed E-state index contributed by atoms with van der Waals surface area (Å²) in [6.45, 7) is 2.11. The Hall–Kier alpha value is -3.99. The van der Waals surface area contributed by atoms with Crippen LogP contribution < -0.4 is 0 Å². The summed E-state index contributed by atoms with van der Waals surface area (Å²) in [5.41, 5.74) is 5.73. The van der Waals surface area contributed by atoms with Crippen molar-refractivity contribution >= 4 is 34.1 Å². The normalized spacial score (nSPS) is 12.3. The molecule has 0 bridgehead atoms. The molecule has 160 valence electrons. The molecule has 2 N–H and O–H groups in total. The van der Waals surface area contributed by atoms with Gasteiger partial charge >= 0.3 is 5.97 Å². The lowest BCUT2D eigenvalue weighted by atomic mass is 9.86. The second-order valence-electron chi connectivity index (χ2n) is 7.52. The SMILES string of the molecule is CCC/C(=C(/c1ccc(/C=C/C(=O)O)cc1)c1ccc2[nH]ncc2c1F)c1ccccc1. The van der Waals surface area contributed by atoms with Crippen molar-refractivity contribution in [3.63, 3.8) is 0 Å². The molecule has 0 saturated heterocycles. The Morgan fingerprint density at radius 2 is 1.78 bits per heavy atom. The maximum atomic E-state index is 15.7. The molecule has 0 saturated carbocycles. The fourth-order valence-corrected chi connectivity index (χ4v) is 3.90. The summed E-state index contributed by atoms with van der Waals surface area (Å²) >= 11 is 0. The molecule has 0 spiro atoms. The van der Waals surface area contributed by atoms with E-state index in [1.54, 1.807) is 6.07 Å². The number of aliphatic carboxylic acids is 1. The number of hydrogen-bond donors (Lipinski definition) is 2. The minimum atomic E-state index is -1.00. The summed E-state index contributed by atoms with van der Waals surface area (Å²) in [6, 6.07) is 21.2. The zero-order valence-electron chi connectivity index (χ0n) is 17.7. The molecule has 1 heterocycles. The highest BCUT2D eigenvalue weighted by Crippen LogP contribution is 2.37. The van der Waals surface area contributed by atoms with Crippen LogP contribution in [0.1, 0.15) is 42.0 Å². The van der Waals surface area contributed by atoms with Gasteiger partial charge in [0.05, 0.1) is 17.1 Å². The van der Waals surface area contributed by atoms with Gasteiger partial charge in [-0.05, 0) is 52.5 Å². The third kappa shape index (κ3) is 4.37. The molecule has 4 rings (SSSR count). The van der Waals surface area contributed by atoms with Gasteiger partial charge in [-0.3, -0.25) is 5.10 Å². The van der Waals surface area contributed by atoms with Crippen LogP contribution in [0, 0.1) is 5.82 Å². The second-order valence-corrected chi connectivity index (χ2v) is 7.52. The average Bonchev–Trinajstić information content (AvgIpc) is 3.30. The number of fused-ring (bicyclic) bond motifs is 1. The molecule has 0 aliphatic rings. The third-order valence-corrected chi connectivity index (χ3v) is 5.37. The highest BCUT2D eigenvalue weighted by Gasteiger charge is 2.19. The lowest BCUT2D eigenvalue weighted by Crippen LogP contribution is -1.99. The Bertz CT molecular complexity index is 1300. The van der Waals surface area contributed by atoms with E-state index >= 15 is 4.39 Å². The van der Waals surface area contributed by atoms with Gasteiger partial charge < -0.3 is 5.11 Å². The van der Waals surface area contributed by atoms with E-state index in [4.69, 9.17) is 5.11 Å². The van der Waals surface area contributed by atoms with E-state index < -0.39 is 5.97 Å². The highest BCUT2D eigenvalue weighted by molar-refractivity contribution is 6.00. The Morgan fingerprint density at radius 1 is 1.03 bits per heavy atom. The van der Waals surface area contributed by atoms with Gasteiger partial charge in [-0.1, -0.05) is 67.9 Å². The standard InChI is InChI=1S/C27H23FN2O2/c1-2-6-21(19-7-4-3-5-8-19)26(20-12-9-18(10-13-20)11-16-25(31)32)22-14-15-24-23(27(22)28)17-29-30-24/h3-5,7-17H,2,6H2,1H3,(H,29,30)(H,31,32)/b16-11+,26-21+. The first-order valence-electron chi connectivity index (χ1n) is 10.5. The monoisotopic (exact) mass is 426 g/mol. The molecule has 5 heteroatoms. The topological polar surface area (TPSA) is 66.0 Å². The first kappa shape index (κ1) is 21.2. The van der Waals surface area contributed by atoms with Crippen LogP contribution in [0.2, 0.25) is 0 Å². The molecule has 0 atom stereocenters. The first-order valence-corrected chi connectivity index (χ1v) is 10.5. The molecule has 0 radical (unpaired) electrons. The van der Waals surface area contributed by atoms with Crippen molar-refractivity contribution in [2.75, 3.05) is 0 Å². The van der Waals surface area contributed by atoms with Crippen molar-refractivity contribution < 1.29 is 14.3 Å². The molecular formula is C27H23FN2O2. The van der Waals surface area contributed by atoms with Gasteiger partial charge in [-0.15, -0.1) is 0 Å². The molecule has 3 aromatic carbocycles. The van der Waals surface area contributed by atoms with Crippen LogP contribution >= 0.6 is 0 Å². The first-order chi connectivity index (χ1) is 15.6. The average molecular weight is 426 g/mol. The van der Waals surface area contributed by atoms with Gasteiger partial charge in [0, 0.05) is 11.6 Å². The van der Waals surface area contributed by atoms with Gasteiger partial charge in [0.1, 0.15) is 5.82 Å². The zero-order chi connectivity index (χ0) is 22.5. The third-order valence-electron chi connectivity index (χ3n) is 5.37. The summed E-state index contributed by atoms with van der Waals surface area (Å²) in [6.07, 6.45) is 5.84. The van der Waals surface area contributed by atoms with E-state index in [2.05, 4.69) is 17.1 Å². The molecule has 0 amide bonds. The van der Waals surface area contributed by atoms with Crippen LogP contribution in [0.25, 0.3) is 28.1 Å². The molecule has 0 unspecified atom stereocenters.